The van der Waals surface area contributed by atoms with Crippen LogP contribution in [0.15, 0.2) is 12.1 Å². The number of nitrogens with one attached hydrogen (secondary N) is 1. The Bertz CT molecular complexity index is 727. The molecule has 1 fully saturated rings. The van der Waals surface area contributed by atoms with Crippen LogP contribution < -0.4 is 5.32 Å². The molecule has 1 atom stereocenters. The zero-order valence-electron chi connectivity index (χ0n) is 17.0. The van der Waals surface area contributed by atoms with Crippen LogP contribution in [0.5, 0.6) is 0 Å². The number of halogens is 3. The fourth-order valence-electron chi connectivity index (χ4n) is 3.25. The van der Waals surface area contributed by atoms with Crippen LogP contribution in [0.1, 0.15) is 64.9 Å². The van der Waals surface area contributed by atoms with E-state index in [1.54, 1.807) is 20.8 Å². The first kappa shape index (κ1) is 23.0. The zero-order chi connectivity index (χ0) is 21.6. The van der Waals surface area contributed by atoms with E-state index in [9.17, 15) is 22.8 Å². The van der Waals surface area contributed by atoms with Crippen LogP contribution >= 0.6 is 0 Å². The molecule has 0 heterocycles. The van der Waals surface area contributed by atoms with E-state index in [0.29, 0.717) is 6.07 Å². The average molecular weight is 415 g/mol. The van der Waals surface area contributed by atoms with E-state index in [4.69, 9.17) is 9.47 Å². The first-order chi connectivity index (χ1) is 13.5. The molecule has 1 saturated carbocycles. The van der Waals surface area contributed by atoms with Crippen molar-refractivity contribution >= 4 is 12.1 Å². The van der Waals surface area contributed by atoms with Gasteiger partial charge in [-0.2, -0.15) is 0 Å². The molecule has 0 saturated heterocycles. The summed E-state index contributed by atoms with van der Waals surface area (Å²) in [6.07, 6.45) is 3.22. The zero-order valence-corrected chi connectivity index (χ0v) is 17.0. The lowest BCUT2D eigenvalue weighted by Gasteiger charge is -2.25. The van der Waals surface area contributed by atoms with Gasteiger partial charge in [0, 0.05) is 12.1 Å². The summed E-state index contributed by atoms with van der Waals surface area (Å²) in [4.78, 5) is 24.5. The fraction of sp³-hybridized carbons (Fsp3) is 0.619. The van der Waals surface area contributed by atoms with Crippen LogP contribution in [0.3, 0.4) is 0 Å². The second-order valence-corrected chi connectivity index (χ2v) is 8.36. The third kappa shape index (κ3) is 7.95. The van der Waals surface area contributed by atoms with Gasteiger partial charge in [-0.25, -0.2) is 18.0 Å². The molecule has 2 rings (SSSR count). The molecule has 0 unspecified atom stereocenters. The fourth-order valence-corrected chi connectivity index (χ4v) is 3.25. The summed E-state index contributed by atoms with van der Waals surface area (Å²) < 4.78 is 51.4. The molecule has 1 N–H and O–H groups in total. The smallest absolute Gasteiger partial charge is 0.407 e. The highest BCUT2D eigenvalue weighted by molar-refractivity contribution is 5.73. The third-order valence-electron chi connectivity index (χ3n) is 4.54. The number of esters is 1. The maximum atomic E-state index is 14.0. The Morgan fingerprint density at radius 3 is 2.31 bits per heavy atom. The average Bonchev–Trinajstić information content (AvgIpc) is 2.58. The summed E-state index contributed by atoms with van der Waals surface area (Å²) in [5, 5.41) is 2.51. The molecular formula is C21H28F3NO4. The van der Waals surface area contributed by atoms with Crippen molar-refractivity contribution in [2.24, 2.45) is 0 Å². The number of alkyl carbamates (subject to hydrolysis) is 1. The van der Waals surface area contributed by atoms with E-state index in [1.165, 1.54) is 0 Å². The quantitative estimate of drug-likeness (QED) is 0.535. The van der Waals surface area contributed by atoms with Gasteiger partial charge < -0.3 is 14.8 Å². The van der Waals surface area contributed by atoms with Crippen molar-refractivity contribution in [3.8, 4) is 0 Å². The molecule has 1 aromatic rings. The molecular weight excluding hydrogens is 387 g/mol. The Morgan fingerprint density at radius 2 is 1.69 bits per heavy atom. The number of rotatable bonds is 6. The molecule has 0 spiro atoms. The maximum Gasteiger partial charge on any atom is 0.407 e. The molecule has 0 bridgehead atoms. The SMILES string of the molecule is CC(C)(C)OC(=O)N[C@@H](CC(=O)OC1CCCCC1)Cc1cc(F)c(F)cc1F. The van der Waals surface area contributed by atoms with Crippen molar-refractivity contribution in [2.75, 3.05) is 0 Å². The van der Waals surface area contributed by atoms with E-state index < -0.39 is 41.2 Å². The third-order valence-corrected chi connectivity index (χ3v) is 4.54. The van der Waals surface area contributed by atoms with Crippen LogP contribution in [0.25, 0.3) is 0 Å². The second-order valence-electron chi connectivity index (χ2n) is 8.36. The lowest BCUT2D eigenvalue weighted by atomic mass is 9.97. The second kappa shape index (κ2) is 9.98. The van der Waals surface area contributed by atoms with Gasteiger partial charge in [0.1, 0.15) is 17.5 Å². The number of ether oxygens (including phenoxy) is 2. The first-order valence-corrected chi connectivity index (χ1v) is 9.86. The van der Waals surface area contributed by atoms with Crippen molar-refractivity contribution in [2.45, 2.75) is 83.5 Å². The normalized spacial score (nSPS) is 16.2. The molecule has 162 valence electrons. The Kier molecular flexibility index (Phi) is 7.93. The van der Waals surface area contributed by atoms with Crippen LogP contribution in [0.4, 0.5) is 18.0 Å². The summed E-state index contributed by atoms with van der Waals surface area (Å²) in [7, 11) is 0. The van der Waals surface area contributed by atoms with Crippen LogP contribution in [0.2, 0.25) is 0 Å². The van der Waals surface area contributed by atoms with Gasteiger partial charge in [-0.3, -0.25) is 4.79 Å². The van der Waals surface area contributed by atoms with Gasteiger partial charge in [-0.15, -0.1) is 0 Å². The highest BCUT2D eigenvalue weighted by atomic mass is 19.2. The molecule has 5 nitrogen and oxygen atoms in total. The summed E-state index contributed by atoms with van der Waals surface area (Å²) >= 11 is 0. The monoisotopic (exact) mass is 415 g/mol. The Labute approximate surface area is 168 Å². The molecule has 0 aliphatic heterocycles. The highest BCUT2D eigenvalue weighted by Crippen LogP contribution is 2.22. The van der Waals surface area contributed by atoms with Gasteiger partial charge in [0.15, 0.2) is 11.6 Å². The van der Waals surface area contributed by atoms with E-state index in [1.807, 2.05) is 0 Å². The molecule has 1 amide bonds. The largest absolute Gasteiger partial charge is 0.462 e. The van der Waals surface area contributed by atoms with Gasteiger partial charge in [-0.1, -0.05) is 6.42 Å². The number of carbonyl (C=O) groups is 2. The summed E-state index contributed by atoms with van der Waals surface area (Å²) in [6.45, 7) is 5.02. The number of carbonyl (C=O) groups excluding carboxylic acids is 2. The minimum absolute atomic E-state index is 0.157. The number of hydrogen-bond donors (Lipinski definition) is 1. The van der Waals surface area contributed by atoms with Crippen LogP contribution in [0, 0.1) is 17.5 Å². The summed E-state index contributed by atoms with van der Waals surface area (Å²) in [5.41, 5.74) is -0.930. The predicted molar refractivity (Wildman–Crippen MR) is 101 cm³/mol. The van der Waals surface area contributed by atoms with Crippen molar-refractivity contribution in [1.29, 1.82) is 0 Å². The van der Waals surface area contributed by atoms with Crippen molar-refractivity contribution in [3.05, 3.63) is 35.1 Å². The number of benzene rings is 1. The van der Waals surface area contributed by atoms with E-state index in [2.05, 4.69) is 5.32 Å². The highest BCUT2D eigenvalue weighted by Gasteiger charge is 2.25. The van der Waals surface area contributed by atoms with Crippen molar-refractivity contribution < 1.29 is 32.2 Å². The standard InChI is InChI=1S/C21H28F3NO4/c1-21(2,3)29-20(27)25-14(9-13-10-17(23)18(24)12-16(13)22)11-19(26)28-15-7-5-4-6-8-15/h10,12,14-15H,4-9,11H2,1-3H3,(H,25,27)/t14-/m1/s1. The molecule has 29 heavy (non-hydrogen) atoms. The van der Waals surface area contributed by atoms with Gasteiger partial charge >= 0.3 is 12.1 Å². The van der Waals surface area contributed by atoms with E-state index >= 15 is 0 Å². The molecule has 8 heteroatoms. The van der Waals surface area contributed by atoms with Gasteiger partial charge in [0.2, 0.25) is 0 Å². The molecule has 0 aromatic heterocycles. The lowest BCUT2D eigenvalue weighted by molar-refractivity contribution is -0.151. The lowest BCUT2D eigenvalue weighted by Crippen LogP contribution is -2.42. The minimum atomic E-state index is -1.31. The molecule has 0 radical (unpaired) electrons. The van der Waals surface area contributed by atoms with Crippen molar-refractivity contribution in [3.63, 3.8) is 0 Å². The van der Waals surface area contributed by atoms with E-state index in [-0.39, 0.29) is 24.5 Å². The van der Waals surface area contributed by atoms with E-state index in [0.717, 1.165) is 38.2 Å². The summed E-state index contributed by atoms with van der Waals surface area (Å²) in [6, 6.07) is 0.261. The summed E-state index contributed by atoms with van der Waals surface area (Å²) in [5.74, 6) is -4.01. The predicted octanol–water partition coefficient (Wildman–Crippen LogP) is 4.81. The molecule has 1 aliphatic rings. The van der Waals surface area contributed by atoms with Crippen LogP contribution in [-0.4, -0.2) is 29.8 Å². The number of hydrogen-bond acceptors (Lipinski definition) is 4. The van der Waals surface area contributed by atoms with Crippen molar-refractivity contribution in [1.82, 2.24) is 5.32 Å². The van der Waals surface area contributed by atoms with Gasteiger partial charge in [-0.05, 0) is 64.5 Å². The topological polar surface area (TPSA) is 64.6 Å². The Hall–Kier alpha value is -2.25. The maximum absolute atomic E-state index is 14.0. The minimum Gasteiger partial charge on any atom is -0.462 e. The molecule has 1 aromatic carbocycles. The Morgan fingerprint density at radius 1 is 1.07 bits per heavy atom. The van der Waals surface area contributed by atoms with Gasteiger partial charge in [0.25, 0.3) is 0 Å². The first-order valence-electron chi connectivity index (χ1n) is 9.86. The molecule has 1 aliphatic carbocycles. The number of amides is 1. The Balaban J connectivity index is 2.08. The van der Waals surface area contributed by atoms with Crippen LogP contribution in [-0.2, 0) is 20.7 Å². The van der Waals surface area contributed by atoms with Gasteiger partial charge in [0.05, 0.1) is 6.42 Å².